The van der Waals surface area contributed by atoms with E-state index >= 15 is 0 Å². The van der Waals surface area contributed by atoms with E-state index in [4.69, 9.17) is 14.2 Å². The molecule has 0 aliphatic heterocycles. The van der Waals surface area contributed by atoms with Gasteiger partial charge in [0.25, 0.3) is 5.91 Å². The Morgan fingerprint density at radius 1 is 0.923 bits per heavy atom. The number of hydrogen-bond donors (Lipinski definition) is 1. The van der Waals surface area contributed by atoms with Crippen LogP contribution in [0.25, 0.3) is 10.8 Å². The number of fused-ring (bicyclic) bond motifs is 1. The summed E-state index contributed by atoms with van der Waals surface area (Å²) in [5.41, 5.74) is 0.611. The van der Waals surface area contributed by atoms with Crippen LogP contribution in [0, 0.1) is 0 Å². The van der Waals surface area contributed by atoms with Crippen molar-refractivity contribution in [1.82, 2.24) is 0 Å². The summed E-state index contributed by atoms with van der Waals surface area (Å²) in [5.74, 6) is 1.53. The Morgan fingerprint density at radius 2 is 1.65 bits per heavy atom. The first kappa shape index (κ1) is 18.1. The summed E-state index contributed by atoms with van der Waals surface area (Å²) in [6, 6.07) is 16.9. The second-order valence-corrected chi connectivity index (χ2v) is 6.48. The molecule has 1 N–H and O–H groups in total. The zero-order valence-corrected chi connectivity index (χ0v) is 16.0. The molecule has 0 aliphatic carbocycles. The summed E-state index contributed by atoms with van der Waals surface area (Å²) >= 11 is 3.45. The van der Waals surface area contributed by atoms with Gasteiger partial charge in [0.15, 0.2) is 18.1 Å². The van der Waals surface area contributed by atoms with Gasteiger partial charge in [0, 0.05) is 16.2 Å². The van der Waals surface area contributed by atoms with Gasteiger partial charge in [-0.3, -0.25) is 4.79 Å². The molecule has 0 saturated carbocycles. The van der Waals surface area contributed by atoms with E-state index < -0.39 is 0 Å². The number of rotatable bonds is 6. The van der Waals surface area contributed by atoms with Crippen LogP contribution in [0.5, 0.6) is 17.2 Å². The van der Waals surface area contributed by atoms with Crippen molar-refractivity contribution in [3.8, 4) is 17.2 Å². The Kier molecular flexibility index (Phi) is 5.63. The lowest BCUT2D eigenvalue weighted by Crippen LogP contribution is -2.20. The number of halogens is 1. The van der Waals surface area contributed by atoms with Crippen molar-refractivity contribution in [2.75, 3.05) is 26.1 Å². The maximum atomic E-state index is 12.1. The van der Waals surface area contributed by atoms with E-state index in [2.05, 4.69) is 21.2 Å². The summed E-state index contributed by atoms with van der Waals surface area (Å²) in [4.78, 5) is 12.1. The molecule has 0 radical (unpaired) electrons. The third-order valence-corrected chi connectivity index (χ3v) is 4.30. The van der Waals surface area contributed by atoms with Crippen LogP contribution < -0.4 is 19.5 Å². The number of methoxy groups -OCH3 is 2. The normalized spacial score (nSPS) is 10.4. The second-order valence-electron chi connectivity index (χ2n) is 5.56. The number of nitrogens with one attached hydrogen (secondary N) is 1. The van der Waals surface area contributed by atoms with E-state index in [1.54, 1.807) is 32.4 Å². The molecule has 0 atom stereocenters. The van der Waals surface area contributed by atoms with Crippen LogP contribution in [-0.2, 0) is 4.79 Å². The molecule has 0 saturated heterocycles. The minimum Gasteiger partial charge on any atom is -0.493 e. The van der Waals surface area contributed by atoms with Gasteiger partial charge in [-0.1, -0.05) is 28.1 Å². The van der Waals surface area contributed by atoms with E-state index in [-0.39, 0.29) is 12.5 Å². The van der Waals surface area contributed by atoms with Gasteiger partial charge in [-0.25, -0.2) is 0 Å². The van der Waals surface area contributed by atoms with Crippen LogP contribution >= 0.6 is 15.9 Å². The fourth-order valence-corrected chi connectivity index (χ4v) is 2.92. The van der Waals surface area contributed by atoms with Gasteiger partial charge in [-0.2, -0.15) is 0 Å². The summed E-state index contributed by atoms with van der Waals surface area (Å²) in [5, 5.41) is 4.92. The topological polar surface area (TPSA) is 56.8 Å². The first-order chi connectivity index (χ1) is 12.6. The number of amides is 1. The second kappa shape index (κ2) is 8.10. The Bertz CT molecular complexity index is 942. The molecule has 3 aromatic rings. The quantitative estimate of drug-likeness (QED) is 0.637. The van der Waals surface area contributed by atoms with Crippen LogP contribution in [0.15, 0.2) is 59.1 Å². The van der Waals surface area contributed by atoms with Crippen molar-refractivity contribution >= 4 is 38.3 Å². The molecule has 0 heterocycles. The smallest absolute Gasteiger partial charge is 0.262 e. The fourth-order valence-electron chi connectivity index (χ4n) is 2.54. The zero-order chi connectivity index (χ0) is 18.5. The predicted octanol–water partition coefficient (Wildman–Crippen LogP) is 4.64. The van der Waals surface area contributed by atoms with Crippen molar-refractivity contribution in [3.05, 3.63) is 59.1 Å². The lowest BCUT2D eigenvalue weighted by molar-refractivity contribution is -0.118. The van der Waals surface area contributed by atoms with E-state index in [0.29, 0.717) is 22.9 Å². The Labute approximate surface area is 160 Å². The molecule has 0 spiro atoms. The SMILES string of the molecule is COc1ccc(NC(=O)COc2ccc3cc(Br)ccc3c2)cc1OC. The van der Waals surface area contributed by atoms with Crippen LogP contribution in [0.2, 0.25) is 0 Å². The molecule has 6 heteroatoms. The minimum atomic E-state index is -0.256. The Morgan fingerprint density at radius 3 is 2.42 bits per heavy atom. The van der Waals surface area contributed by atoms with Gasteiger partial charge in [-0.05, 0) is 47.2 Å². The average molecular weight is 416 g/mol. The van der Waals surface area contributed by atoms with E-state index in [1.165, 1.54) is 0 Å². The predicted molar refractivity (Wildman–Crippen MR) is 105 cm³/mol. The lowest BCUT2D eigenvalue weighted by atomic mass is 10.1. The van der Waals surface area contributed by atoms with Gasteiger partial charge in [0.2, 0.25) is 0 Å². The number of hydrogen-bond acceptors (Lipinski definition) is 4. The molecule has 1 amide bonds. The van der Waals surface area contributed by atoms with Gasteiger partial charge >= 0.3 is 0 Å². The van der Waals surface area contributed by atoms with Gasteiger partial charge < -0.3 is 19.5 Å². The van der Waals surface area contributed by atoms with Crippen LogP contribution in [0.4, 0.5) is 5.69 Å². The van der Waals surface area contributed by atoms with E-state index in [9.17, 15) is 4.79 Å². The van der Waals surface area contributed by atoms with Gasteiger partial charge in [0.05, 0.1) is 14.2 Å². The number of benzene rings is 3. The zero-order valence-electron chi connectivity index (χ0n) is 14.4. The lowest BCUT2D eigenvalue weighted by Gasteiger charge is -2.11. The Hall–Kier alpha value is -2.73. The molecule has 0 fully saturated rings. The third kappa shape index (κ3) is 4.26. The highest BCUT2D eigenvalue weighted by Crippen LogP contribution is 2.29. The molecule has 0 aromatic heterocycles. The van der Waals surface area contributed by atoms with Crippen LogP contribution in [-0.4, -0.2) is 26.7 Å². The highest BCUT2D eigenvalue weighted by atomic mass is 79.9. The average Bonchev–Trinajstić information content (AvgIpc) is 2.66. The van der Waals surface area contributed by atoms with Gasteiger partial charge in [0.1, 0.15) is 5.75 Å². The van der Waals surface area contributed by atoms with Crippen molar-refractivity contribution < 1.29 is 19.0 Å². The van der Waals surface area contributed by atoms with Gasteiger partial charge in [-0.15, -0.1) is 0 Å². The number of ether oxygens (including phenoxy) is 3. The molecule has 0 aliphatic rings. The molecule has 26 heavy (non-hydrogen) atoms. The molecule has 0 unspecified atom stereocenters. The largest absolute Gasteiger partial charge is 0.493 e. The summed E-state index contributed by atoms with van der Waals surface area (Å²) in [6.45, 7) is -0.0869. The highest BCUT2D eigenvalue weighted by Gasteiger charge is 2.08. The maximum Gasteiger partial charge on any atom is 0.262 e. The molecule has 3 aromatic carbocycles. The van der Waals surface area contributed by atoms with Crippen LogP contribution in [0.1, 0.15) is 0 Å². The fraction of sp³-hybridized carbons (Fsp3) is 0.150. The highest BCUT2D eigenvalue weighted by molar-refractivity contribution is 9.10. The molecule has 134 valence electrons. The standard InChI is InChI=1S/C20H18BrNO4/c1-24-18-8-6-16(11-19(18)25-2)22-20(23)12-26-17-7-4-13-9-15(21)5-3-14(13)10-17/h3-11H,12H2,1-2H3,(H,22,23). The maximum absolute atomic E-state index is 12.1. The monoisotopic (exact) mass is 415 g/mol. The van der Waals surface area contributed by atoms with Crippen molar-refractivity contribution in [1.29, 1.82) is 0 Å². The Balaban J connectivity index is 1.63. The van der Waals surface area contributed by atoms with Crippen molar-refractivity contribution in [3.63, 3.8) is 0 Å². The van der Waals surface area contributed by atoms with E-state index in [0.717, 1.165) is 15.2 Å². The molecule has 0 bridgehead atoms. The first-order valence-corrected chi connectivity index (χ1v) is 8.72. The number of carbonyl (C=O) groups is 1. The molecule has 3 rings (SSSR count). The summed E-state index contributed by atoms with van der Waals surface area (Å²) < 4.78 is 17.0. The minimum absolute atomic E-state index is 0.0869. The van der Waals surface area contributed by atoms with Crippen LogP contribution in [0.3, 0.4) is 0 Å². The molecule has 5 nitrogen and oxygen atoms in total. The third-order valence-electron chi connectivity index (χ3n) is 3.81. The molecular formula is C20H18BrNO4. The van der Waals surface area contributed by atoms with Crippen molar-refractivity contribution in [2.24, 2.45) is 0 Å². The first-order valence-electron chi connectivity index (χ1n) is 7.93. The summed E-state index contributed by atoms with van der Waals surface area (Å²) in [6.07, 6.45) is 0. The van der Waals surface area contributed by atoms with E-state index in [1.807, 2.05) is 36.4 Å². The van der Waals surface area contributed by atoms with Crippen molar-refractivity contribution in [2.45, 2.75) is 0 Å². The number of carbonyl (C=O) groups excluding carboxylic acids is 1. The number of anilines is 1. The summed E-state index contributed by atoms with van der Waals surface area (Å²) in [7, 11) is 3.11. The molecular weight excluding hydrogens is 398 g/mol.